The predicted molar refractivity (Wildman–Crippen MR) is 213 cm³/mol. The van der Waals surface area contributed by atoms with Crippen LogP contribution in [0.15, 0.2) is 103 Å². The van der Waals surface area contributed by atoms with E-state index >= 15 is 0 Å². The first-order chi connectivity index (χ1) is 26.1. The maximum atomic E-state index is 13.8. The summed E-state index contributed by atoms with van der Waals surface area (Å²) in [4.78, 5) is 50.3. The number of carboxylic acid groups (broad SMARTS) is 1. The molecule has 0 aliphatic rings. The van der Waals surface area contributed by atoms with Crippen LogP contribution in [0.2, 0.25) is 0 Å². The molecule has 2 aromatic heterocycles. The van der Waals surface area contributed by atoms with Crippen LogP contribution in [0, 0.1) is 5.92 Å². The first-order valence-corrected chi connectivity index (χ1v) is 19.5. The maximum Gasteiger partial charge on any atom is 0.329 e. The van der Waals surface area contributed by atoms with E-state index in [1.54, 1.807) is 48.8 Å². The summed E-state index contributed by atoms with van der Waals surface area (Å²) in [7, 11) is 0. The van der Waals surface area contributed by atoms with Crippen molar-refractivity contribution in [1.82, 2.24) is 15.3 Å². The molecule has 3 atom stereocenters. The number of Topliss-reactive ketones (excluding diaryl/α,β-unsaturated/α-hetero) is 1. The van der Waals surface area contributed by atoms with Gasteiger partial charge in [-0.1, -0.05) is 113 Å². The molecule has 0 bridgehead atoms. The monoisotopic (exact) mass is 747 g/mol. The Morgan fingerprint density at radius 2 is 1.46 bits per heavy atom. The van der Waals surface area contributed by atoms with Gasteiger partial charge in [-0.25, -0.2) is 14.8 Å². The number of benzene rings is 3. The van der Waals surface area contributed by atoms with Gasteiger partial charge < -0.3 is 20.3 Å². The van der Waals surface area contributed by atoms with Gasteiger partial charge in [0.25, 0.3) is 0 Å². The lowest BCUT2D eigenvalue weighted by atomic mass is 9.91. The summed E-state index contributed by atoms with van der Waals surface area (Å²) < 4.78 is 5.90. The van der Waals surface area contributed by atoms with Crippen molar-refractivity contribution in [3.05, 3.63) is 124 Å². The summed E-state index contributed by atoms with van der Waals surface area (Å²) in [5, 5.41) is 23.4. The number of aromatic nitrogens is 2. The molecule has 0 saturated carbocycles. The van der Waals surface area contributed by atoms with Gasteiger partial charge in [0.15, 0.2) is 17.6 Å². The highest BCUT2D eigenvalue weighted by Gasteiger charge is 2.33. The molecular formula is C44H49N3O6S. The Kier molecular flexibility index (Phi) is 14.6. The lowest BCUT2D eigenvalue weighted by Crippen LogP contribution is -2.47. The van der Waals surface area contributed by atoms with Crippen molar-refractivity contribution in [2.75, 3.05) is 6.61 Å². The predicted octanol–water partition coefficient (Wildman–Crippen LogP) is 9.08. The Morgan fingerprint density at radius 1 is 0.796 bits per heavy atom. The second-order valence-electron chi connectivity index (χ2n) is 13.8. The largest absolute Gasteiger partial charge is 0.494 e. The van der Waals surface area contributed by atoms with Gasteiger partial charge in [0.2, 0.25) is 5.91 Å². The minimum Gasteiger partial charge on any atom is -0.494 e. The van der Waals surface area contributed by atoms with E-state index in [0.717, 1.165) is 39.3 Å². The molecule has 0 fully saturated rings. The number of nitrogens with one attached hydrogen (secondary N) is 1. The summed E-state index contributed by atoms with van der Waals surface area (Å²) in [5.41, 5.74) is 3.77. The van der Waals surface area contributed by atoms with Gasteiger partial charge in [0.1, 0.15) is 11.9 Å². The second-order valence-corrected chi connectivity index (χ2v) is 15.0. The standard InChI is InChI=1S/C44H49N3O6S/c1-4-5-6-7-11-24-53-36-20-18-31(19-21-36)35-27-45-42(46-28-35)33-16-14-30(15-17-33)25-34(26-37(48)39-23-22-38(54-39)29(2)3)43(50)47-40(44(51)52)41(49)32-12-9-8-10-13-32/h8-10,12-23,27-29,34,40-41,49H,4-7,11,24-26H2,1-3H3,(H,47,50)(H,51,52)/t34-,40?,41?/m1/s1. The van der Waals surface area contributed by atoms with Crippen LogP contribution in [0.3, 0.4) is 0 Å². The number of carbonyl (C=O) groups is 3. The molecule has 2 heterocycles. The molecule has 54 heavy (non-hydrogen) atoms. The Hall–Kier alpha value is -5.19. The lowest BCUT2D eigenvalue weighted by Gasteiger charge is -2.24. The molecule has 0 aliphatic heterocycles. The van der Waals surface area contributed by atoms with Gasteiger partial charge in [-0.05, 0) is 59.7 Å². The number of aliphatic carboxylic acids is 1. The number of ether oxygens (including phenoxy) is 1. The number of amides is 1. The molecule has 0 radical (unpaired) electrons. The van der Waals surface area contributed by atoms with Gasteiger partial charge in [-0.15, -0.1) is 11.3 Å². The van der Waals surface area contributed by atoms with E-state index in [-0.39, 0.29) is 24.5 Å². The molecule has 282 valence electrons. The highest BCUT2D eigenvalue weighted by Crippen LogP contribution is 2.28. The van der Waals surface area contributed by atoms with Gasteiger partial charge in [-0.2, -0.15) is 0 Å². The van der Waals surface area contributed by atoms with Gasteiger partial charge in [0.05, 0.1) is 11.5 Å². The van der Waals surface area contributed by atoms with Crippen LogP contribution in [0.1, 0.15) is 97.0 Å². The number of ketones is 1. The van der Waals surface area contributed by atoms with Crippen LogP contribution < -0.4 is 10.1 Å². The normalized spacial score (nSPS) is 12.9. The fourth-order valence-electron chi connectivity index (χ4n) is 6.12. The van der Waals surface area contributed by atoms with Gasteiger partial charge >= 0.3 is 5.97 Å². The molecule has 3 N–H and O–H groups in total. The van der Waals surface area contributed by atoms with E-state index in [1.165, 1.54) is 37.0 Å². The van der Waals surface area contributed by atoms with Crippen LogP contribution in [-0.4, -0.2) is 50.5 Å². The second kappa shape index (κ2) is 19.8. The summed E-state index contributed by atoms with van der Waals surface area (Å²) in [6.45, 7) is 7.02. The van der Waals surface area contributed by atoms with E-state index in [2.05, 4.69) is 36.1 Å². The molecule has 0 saturated heterocycles. The third-order valence-corrected chi connectivity index (χ3v) is 10.8. The summed E-state index contributed by atoms with van der Waals surface area (Å²) >= 11 is 1.40. The Labute approximate surface area is 321 Å². The highest BCUT2D eigenvalue weighted by molar-refractivity contribution is 7.14. The first kappa shape index (κ1) is 40.0. The lowest BCUT2D eigenvalue weighted by molar-refractivity contribution is -0.146. The van der Waals surface area contributed by atoms with E-state index in [4.69, 9.17) is 4.74 Å². The summed E-state index contributed by atoms with van der Waals surface area (Å²) in [6, 6.07) is 25.8. The van der Waals surface area contributed by atoms with Gasteiger partial charge in [-0.3, -0.25) is 9.59 Å². The number of hydrogen-bond acceptors (Lipinski definition) is 8. The summed E-state index contributed by atoms with van der Waals surface area (Å²) in [5.74, 6) is -1.47. The van der Waals surface area contributed by atoms with Crippen molar-refractivity contribution in [3.63, 3.8) is 0 Å². The number of rotatable bonds is 20. The van der Waals surface area contributed by atoms with Crippen LogP contribution in [-0.2, 0) is 16.0 Å². The highest BCUT2D eigenvalue weighted by atomic mass is 32.1. The molecular weight excluding hydrogens is 699 g/mol. The maximum absolute atomic E-state index is 13.8. The molecule has 9 nitrogen and oxygen atoms in total. The van der Waals surface area contributed by atoms with Crippen LogP contribution in [0.5, 0.6) is 5.75 Å². The molecule has 0 aliphatic carbocycles. The van der Waals surface area contributed by atoms with E-state index in [9.17, 15) is 24.6 Å². The molecule has 3 aromatic carbocycles. The average molecular weight is 748 g/mol. The number of hydrogen-bond donors (Lipinski definition) is 3. The van der Waals surface area contributed by atoms with Crippen LogP contribution >= 0.6 is 11.3 Å². The zero-order valence-electron chi connectivity index (χ0n) is 31.1. The quantitative estimate of drug-likeness (QED) is 0.0530. The fraction of sp³-hybridized carbons (Fsp3) is 0.341. The van der Waals surface area contributed by atoms with Crippen molar-refractivity contribution in [3.8, 4) is 28.3 Å². The third kappa shape index (κ3) is 11.2. The molecule has 10 heteroatoms. The van der Waals surface area contributed by atoms with Crippen LogP contribution in [0.4, 0.5) is 0 Å². The number of nitrogens with zero attached hydrogens (tertiary/aromatic N) is 2. The molecule has 1 amide bonds. The molecule has 0 spiro atoms. The van der Waals surface area contributed by atoms with Crippen molar-refractivity contribution in [2.45, 2.75) is 83.8 Å². The van der Waals surface area contributed by atoms with Crippen molar-refractivity contribution < 1.29 is 29.3 Å². The van der Waals surface area contributed by atoms with Crippen LogP contribution in [0.25, 0.3) is 22.5 Å². The molecule has 5 aromatic rings. The number of carboxylic acids is 1. The van der Waals surface area contributed by atoms with Crippen molar-refractivity contribution >= 4 is 29.0 Å². The molecule has 2 unspecified atom stereocenters. The van der Waals surface area contributed by atoms with Gasteiger partial charge in [0, 0.05) is 40.7 Å². The fourth-order valence-corrected chi connectivity index (χ4v) is 7.08. The number of aliphatic hydroxyl groups excluding tert-OH is 1. The topological polar surface area (TPSA) is 139 Å². The first-order valence-electron chi connectivity index (χ1n) is 18.7. The van der Waals surface area contributed by atoms with E-state index < -0.39 is 29.9 Å². The smallest absolute Gasteiger partial charge is 0.329 e. The zero-order chi connectivity index (χ0) is 38.5. The van der Waals surface area contributed by atoms with Crippen molar-refractivity contribution in [1.29, 1.82) is 0 Å². The van der Waals surface area contributed by atoms with E-state index in [1.807, 2.05) is 54.6 Å². The minimum absolute atomic E-state index is 0.129. The average Bonchev–Trinajstić information content (AvgIpc) is 3.70. The number of aliphatic hydroxyl groups is 1. The van der Waals surface area contributed by atoms with E-state index in [0.29, 0.717) is 22.9 Å². The minimum atomic E-state index is -1.61. The number of carbonyl (C=O) groups excluding carboxylic acids is 2. The van der Waals surface area contributed by atoms with Crippen molar-refractivity contribution in [2.24, 2.45) is 5.92 Å². The Morgan fingerprint density at radius 3 is 2.09 bits per heavy atom. The number of unbranched alkanes of at least 4 members (excludes halogenated alkanes) is 4. The zero-order valence-corrected chi connectivity index (χ0v) is 31.9. The third-order valence-electron chi connectivity index (χ3n) is 9.34. The SMILES string of the molecule is CCCCCCCOc1ccc(-c2cnc(-c3ccc(C[C@H](CC(=O)c4ccc(C(C)C)s4)C(=O)NC(C(=O)O)C(O)c4ccccc4)cc3)nc2)cc1. The Balaban J connectivity index is 1.26. The number of thiophene rings is 1. The summed E-state index contributed by atoms with van der Waals surface area (Å²) in [6.07, 6.45) is 8.10. The Bertz CT molecular complexity index is 1940. The molecule has 5 rings (SSSR count).